The number of nitrogens with zero attached hydrogens (tertiary/aromatic N) is 2. The van der Waals surface area contributed by atoms with Gasteiger partial charge in [-0.25, -0.2) is 14.3 Å². The Morgan fingerprint density at radius 1 is 1.09 bits per heavy atom. The van der Waals surface area contributed by atoms with Gasteiger partial charge in [0.2, 0.25) is 0 Å². The zero-order chi connectivity index (χ0) is 16.1. The fourth-order valence-electron chi connectivity index (χ4n) is 2.23. The molecule has 2 aromatic rings. The molecule has 0 bridgehead atoms. The maximum absolute atomic E-state index is 12.2. The van der Waals surface area contributed by atoms with Crippen molar-refractivity contribution in [1.82, 2.24) is 9.78 Å². The summed E-state index contributed by atoms with van der Waals surface area (Å²) in [4.78, 5) is 24.3. The van der Waals surface area contributed by atoms with Gasteiger partial charge in [0, 0.05) is 0 Å². The average molecular weight is 302 g/mol. The highest BCUT2D eigenvalue weighted by Crippen LogP contribution is 2.22. The van der Waals surface area contributed by atoms with Crippen molar-refractivity contribution in [3.8, 4) is 5.69 Å². The Labute approximate surface area is 128 Å². The number of para-hydroxylation sites is 1. The van der Waals surface area contributed by atoms with Crippen LogP contribution >= 0.6 is 0 Å². The van der Waals surface area contributed by atoms with E-state index in [4.69, 9.17) is 9.47 Å². The molecule has 0 radical (unpaired) electrons. The van der Waals surface area contributed by atoms with Crippen LogP contribution in [0.25, 0.3) is 5.69 Å². The van der Waals surface area contributed by atoms with Crippen molar-refractivity contribution in [2.24, 2.45) is 0 Å². The van der Waals surface area contributed by atoms with Crippen LogP contribution < -0.4 is 0 Å². The highest BCUT2D eigenvalue weighted by Gasteiger charge is 2.29. The zero-order valence-corrected chi connectivity index (χ0v) is 12.8. The van der Waals surface area contributed by atoms with Crippen molar-refractivity contribution in [2.75, 3.05) is 14.2 Å². The van der Waals surface area contributed by atoms with Crippen LogP contribution in [0.15, 0.2) is 30.3 Å². The fourth-order valence-corrected chi connectivity index (χ4v) is 2.23. The number of rotatable bonds is 5. The molecule has 6 nitrogen and oxygen atoms in total. The molecule has 1 aromatic carbocycles. The summed E-state index contributed by atoms with van der Waals surface area (Å²) < 4.78 is 11.1. The molecule has 0 saturated carbocycles. The lowest BCUT2D eigenvalue weighted by Crippen LogP contribution is -2.15. The number of carbonyl (C=O) groups excluding carboxylic acids is 2. The minimum Gasteiger partial charge on any atom is -0.465 e. The lowest BCUT2D eigenvalue weighted by molar-refractivity contribution is 0.0548. The van der Waals surface area contributed by atoms with Crippen LogP contribution in [0, 0.1) is 0 Å². The monoisotopic (exact) mass is 302 g/mol. The van der Waals surface area contributed by atoms with E-state index in [1.165, 1.54) is 18.9 Å². The topological polar surface area (TPSA) is 70.4 Å². The van der Waals surface area contributed by atoms with Crippen LogP contribution in [0.3, 0.4) is 0 Å². The Bertz CT molecular complexity index is 677. The van der Waals surface area contributed by atoms with Gasteiger partial charge in [0.15, 0.2) is 5.69 Å². The fraction of sp³-hybridized carbons (Fsp3) is 0.312. The highest BCUT2D eigenvalue weighted by molar-refractivity contribution is 6.03. The van der Waals surface area contributed by atoms with Gasteiger partial charge in [-0.15, -0.1) is 0 Å². The van der Waals surface area contributed by atoms with E-state index in [0.29, 0.717) is 17.8 Å². The number of hydrogen-bond acceptors (Lipinski definition) is 5. The van der Waals surface area contributed by atoms with Crippen molar-refractivity contribution >= 4 is 11.9 Å². The molecule has 0 fully saturated rings. The molecular formula is C16H18N2O4. The first-order chi connectivity index (χ1) is 10.6. The van der Waals surface area contributed by atoms with Crippen LogP contribution in [-0.4, -0.2) is 35.9 Å². The Kier molecular flexibility index (Phi) is 4.93. The Balaban J connectivity index is 2.72. The first-order valence-corrected chi connectivity index (χ1v) is 6.98. The van der Waals surface area contributed by atoms with Crippen molar-refractivity contribution in [1.29, 1.82) is 0 Å². The molecule has 1 aromatic heterocycles. The highest BCUT2D eigenvalue weighted by atomic mass is 16.5. The number of hydrogen-bond donors (Lipinski definition) is 0. The van der Waals surface area contributed by atoms with Crippen LogP contribution in [0.4, 0.5) is 0 Å². The zero-order valence-electron chi connectivity index (χ0n) is 12.8. The number of methoxy groups -OCH3 is 2. The minimum absolute atomic E-state index is 0.0870. The van der Waals surface area contributed by atoms with Gasteiger partial charge in [0.1, 0.15) is 5.56 Å². The summed E-state index contributed by atoms with van der Waals surface area (Å²) in [7, 11) is 2.55. The Morgan fingerprint density at radius 2 is 1.73 bits per heavy atom. The third kappa shape index (κ3) is 2.86. The number of benzene rings is 1. The third-order valence-corrected chi connectivity index (χ3v) is 3.21. The summed E-state index contributed by atoms with van der Waals surface area (Å²) in [6.45, 7) is 1.97. The second-order valence-corrected chi connectivity index (χ2v) is 4.65. The van der Waals surface area contributed by atoms with Crippen LogP contribution in [0.2, 0.25) is 0 Å². The molecule has 0 N–H and O–H groups in total. The number of ether oxygens (including phenoxy) is 2. The summed E-state index contributed by atoms with van der Waals surface area (Å²) in [5.74, 6) is -1.22. The van der Waals surface area contributed by atoms with Crippen LogP contribution in [-0.2, 0) is 15.9 Å². The first-order valence-electron chi connectivity index (χ1n) is 6.98. The molecule has 0 saturated heterocycles. The second kappa shape index (κ2) is 6.89. The molecule has 6 heteroatoms. The van der Waals surface area contributed by atoms with Crippen LogP contribution in [0.5, 0.6) is 0 Å². The van der Waals surface area contributed by atoms with Crippen molar-refractivity contribution in [2.45, 2.75) is 19.8 Å². The summed E-state index contributed by atoms with van der Waals surface area (Å²) in [6.07, 6.45) is 1.35. The summed E-state index contributed by atoms with van der Waals surface area (Å²) in [5.41, 5.74) is 1.46. The van der Waals surface area contributed by atoms with E-state index in [1.54, 1.807) is 12.1 Å². The summed E-state index contributed by atoms with van der Waals surface area (Å²) in [6, 6.07) is 9.12. The number of aromatic nitrogens is 2. The quantitative estimate of drug-likeness (QED) is 0.793. The molecule has 0 aliphatic heterocycles. The predicted molar refractivity (Wildman–Crippen MR) is 80.2 cm³/mol. The normalized spacial score (nSPS) is 10.3. The Hall–Kier alpha value is -2.63. The van der Waals surface area contributed by atoms with E-state index in [1.807, 2.05) is 25.1 Å². The number of carbonyl (C=O) groups is 2. The van der Waals surface area contributed by atoms with E-state index < -0.39 is 11.9 Å². The molecule has 2 rings (SSSR count). The second-order valence-electron chi connectivity index (χ2n) is 4.65. The molecule has 0 aliphatic carbocycles. The Morgan fingerprint density at radius 3 is 2.27 bits per heavy atom. The molecule has 1 heterocycles. The van der Waals surface area contributed by atoms with Gasteiger partial charge in [-0.05, 0) is 18.6 Å². The molecule has 22 heavy (non-hydrogen) atoms. The van der Waals surface area contributed by atoms with E-state index in [0.717, 1.165) is 6.42 Å². The van der Waals surface area contributed by atoms with Crippen molar-refractivity contribution in [3.05, 3.63) is 47.3 Å². The number of esters is 2. The summed E-state index contributed by atoms with van der Waals surface area (Å²) >= 11 is 0. The summed E-state index contributed by atoms with van der Waals surface area (Å²) in [5, 5.41) is 4.42. The van der Waals surface area contributed by atoms with Crippen molar-refractivity contribution < 1.29 is 19.1 Å². The van der Waals surface area contributed by atoms with Gasteiger partial charge in [0.05, 0.1) is 25.6 Å². The predicted octanol–water partition coefficient (Wildman–Crippen LogP) is 2.40. The smallest absolute Gasteiger partial charge is 0.357 e. The average Bonchev–Trinajstić information content (AvgIpc) is 2.94. The molecular weight excluding hydrogens is 284 g/mol. The molecule has 0 atom stereocenters. The molecule has 0 aliphatic rings. The van der Waals surface area contributed by atoms with Gasteiger partial charge >= 0.3 is 11.9 Å². The van der Waals surface area contributed by atoms with Gasteiger partial charge in [0.25, 0.3) is 0 Å². The molecule has 0 amide bonds. The van der Waals surface area contributed by atoms with Gasteiger partial charge in [-0.3, -0.25) is 0 Å². The van der Waals surface area contributed by atoms with E-state index in [9.17, 15) is 9.59 Å². The third-order valence-electron chi connectivity index (χ3n) is 3.21. The number of aryl methyl sites for hydroxylation is 1. The van der Waals surface area contributed by atoms with Gasteiger partial charge in [-0.1, -0.05) is 31.5 Å². The SMILES string of the molecule is CCCc1nn(-c2ccccc2)c(C(=O)OC)c1C(=O)OC. The van der Waals surface area contributed by atoms with Gasteiger partial charge in [-0.2, -0.15) is 5.10 Å². The minimum atomic E-state index is -0.626. The maximum Gasteiger partial charge on any atom is 0.357 e. The van der Waals surface area contributed by atoms with Crippen LogP contribution in [0.1, 0.15) is 39.9 Å². The van der Waals surface area contributed by atoms with E-state index in [-0.39, 0.29) is 11.3 Å². The lowest BCUT2D eigenvalue weighted by Gasteiger charge is -2.07. The molecule has 0 spiro atoms. The maximum atomic E-state index is 12.2. The standard InChI is InChI=1S/C16H18N2O4/c1-4-8-12-13(15(19)21-2)14(16(20)22-3)18(17-12)11-9-6-5-7-10-11/h5-7,9-10H,4,8H2,1-3H3. The van der Waals surface area contributed by atoms with E-state index in [2.05, 4.69) is 5.10 Å². The van der Waals surface area contributed by atoms with Gasteiger partial charge < -0.3 is 9.47 Å². The first kappa shape index (κ1) is 15.8. The van der Waals surface area contributed by atoms with Crippen molar-refractivity contribution in [3.63, 3.8) is 0 Å². The van der Waals surface area contributed by atoms with E-state index >= 15 is 0 Å². The molecule has 0 unspecified atom stereocenters. The lowest BCUT2D eigenvalue weighted by atomic mass is 10.1. The largest absolute Gasteiger partial charge is 0.465 e. The molecule has 116 valence electrons.